The third kappa shape index (κ3) is 3.78. The van der Waals surface area contributed by atoms with E-state index in [-0.39, 0.29) is 5.56 Å². The SMILES string of the molecule is N#Cc1ccc(-c2cccc(CC3CCOCC3)c2-c2ccns2)cc1F. The lowest BCUT2D eigenvalue weighted by atomic mass is 9.86. The molecule has 1 fully saturated rings. The van der Waals surface area contributed by atoms with Gasteiger partial charge in [0, 0.05) is 25.0 Å². The fraction of sp³-hybridized carbons (Fsp3) is 0.273. The highest BCUT2D eigenvalue weighted by molar-refractivity contribution is 7.09. The van der Waals surface area contributed by atoms with E-state index in [4.69, 9.17) is 10.00 Å². The van der Waals surface area contributed by atoms with Crippen LogP contribution in [-0.2, 0) is 11.2 Å². The Balaban J connectivity index is 1.80. The molecule has 0 radical (unpaired) electrons. The van der Waals surface area contributed by atoms with Crippen molar-refractivity contribution in [1.82, 2.24) is 4.37 Å². The number of halogens is 1. The zero-order valence-corrected chi connectivity index (χ0v) is 15.6. The van der Waals surface area contributed by atoms with Crippen LogP contribution in [0.15, 0.2) is 48.7 Å². The van der Waals surface area contributed by atoms with E-state index in [1.54, 1.807) is 12.3 Å². The lowest BCUT2D eigenvalue weighted by Gasteiger charge is -2.24. The Morgan fingerprint density at radius 3 is 2.74 bits per heavy atom. The van der Waals surface area contributed by atoms with Gasteiger partial charge < -0.3 is 4.74 Å². The summed E-state index contributed by atoms with van der Waals surface area (Å²) in [6.45, 7) is 1.64. The molecule has 1 aliphatic heterocycles. The van der Waals surface area contributed by atoms with Gasteiger partial charge in [-0.3, -0.25) is 0 Å². The number of nitriles is 1. The highest BCUT2D eigenvalue weighted by Gasteiger charge is 2.20. The summed E-state index contributed by atoms with van der Waals surface area (Å²) in [5.41, 5.74) is 4.20. The van der Waals surface area contributed by atoms with Crippen molar-refractivity contribution < 1.29 is 9.13 Å². The van der Waals surface area contributed by atoms with Crippen molar-refractivity contribution in [2.75, 3.05) is 13.2 Å². The molecule has 0 saturated carbocycles. The van der Waals surface area contributed by atoms with Gasteiger partial charge in [-0.05, 0) is 71.6 Å². The number of hydrogen-bond donors (Lipinski definition) is 0. The highest BCUT2D eigenvalue weighted by atomic mass is 32.1. The number of aromatic nitrogens is 1. The smallest absolute Gasteiger partial charge is 0.141 e. The van der Waals surface area contributed by atoms with Gasteiger partial charge in [0.05, 0.1) is 10.4 Å². The zero-order chi connectivity index (χ0) is 18.6. The molecule has 5 heteroatoms. The van der Waals surface area contributed by atoms with Crippen molar-refractivity contribution in [2.24, 2.45) is 5.92 Å². The van der Waals surface area contributed by atoms with Crippen molar-refractivity contribution in [1.29, 1.82) is 5.26 Å². The summed E-state index contributed by atoms with van der Waals surface area (Å²) in [5.74, 6) is 0.110. The molecular weight excluding hydrogens is 359 g/mol. The van der Waals surface area contributed by atoms with E-state index in [9.17, 15) is 4.39 Å². The minimum atomic E-state index is -0.486. The lowest BCUT2D eigenvalue weighted by molar-refractivity contribution is 0.0666. The van der Waals surface area contributed by atoms with E-state index in [2.05, 4.69) is 10.4 Å². The van der Waals surface area contributed by atoms with Crippen molar-refractivity contribution in [3.8, 4) is 27.6 Å². The van der Waals surface area contributed by atoms with Crippen LogP contribution < -0.4 is 0 Å². The zero-order valence-electron chi connectivity index (χ0n) is 14.8. The van der Waals surface area contributed by atoms with Crippen LogP contribution in [-0.4, -0.2) is 17.6 Å². The Morgan fingerprint density at radius 2 is 2.04 bits per heavy atom. The van der Waals surface area contributed by atoms with Gasteiger partial charge in [-0.15, -0.1) is 0 Å². The molecule has 2 heterocycles. The number of hydrogen-bond acceptors (Lipinski definition) is 4. The van der Waals surface area contributed by atoms with Gasteiger partial charge in [-0.2, -0.15) is 5.26 Å². The van der Waals surface area contributed by atoms with E-state index in [1.165, 1.54) is 23.2 Å². The molecule has 0 unspecified atom stereocenters. The summed E-state index contributed by atoms with van der Waals surface area (Å²) in [4.78, 5) is 1.08. The van der Waals surface area contributed by atoms with Crippen molar-refractivity contribution in [2.45, 2.75) is 19.3 Å². The fourth-order valence-electron chi connectivity index (χ4n) is 3.68. The minimum absolute atomic E-state index is 0.0662. The van der Waals surface area contributed by atoms with E-state index < -0.39 is 5.82 Å². The van der Waals surface area contributed by atoms with Crippen LogP contribution in [0.1, 0.15) is 24.0 Å². The molecule has 1 aromatic heterocycles. The molecule has 27 heavy (non-hydrogen) atoms. The molecule has 0 amide bonds. The summed E-state index contributed by atoms with van der Waals surface area (Å²) >= 11 is 1.45. The molecule has 2 aromatic carbocycles. The van der Waals surface area contributed by atoms with E-state index in [1.807, 2.05) is 30.3 Å². The maximum absolute atomic E-state index is 14.2. The Kier molecular flexibility index (Phi) is 5.28. The second-order valence-electron chi connectivity index (χ2n) is 6.78. The average Bonchev–Trinajstić information content (AvgIpc) is 3.23. The first-order chi connectivity index (χ1) is 13.3. The molecule has 4 rings (SSSR count). The summed E-state index contributed by atoms with van der Waals surface area (Å²) < 4.78 is 24.0. The molecule has 1 saturated heterocycles. The first-order valence-corrected chi connectivity index (χ1v) is 9.84. The maximum Gasteiger partial charge on any atom is 0.141 e. The number of ether oxygens (including phenoxy) is 1. The minimum Gasteiger partial charge on any atom is -0.381 e. The summed E-state index contributed by atoms with van der Waals surface area (Å²) in [6, 6.07) is 14.9. The van der Waals surface area contributed by atoms with Crippen molar-refractivity contribution >= 4 is 11.5 Å². The maximum atomic E-state index is 14.2. The topological polar surface area (TPSA) is 45.9 Å². The Hall–Kier alpha value is -2.55. The van der Waals surface area contributed by atoms with Crippen LogP contribution >= 0.6 is 11.5 Å². The third-order valence-electron chi connectivity index (χ3n) is 5.08. The van der Waals surface area contributed by atoms with Crippen LogP contribution in [0, 0.1) is 23.1 Å². The Morgan fingerprint density at radius 1 is 1.19 bits per heavy atom. The second-order valence-corrected chi connectivity index (χ2v) is 7.62. The molecular formula is C22H19FN2OS. The van der Waals surface area contributed by atoms with Gasteiger partial charge in [0.25, 0.3) is 0 Å². The lowest BCUT2D eigenvalue weighted by Crippen LogP contribution is -2.17. The van der Waals surface area contributed by atoms with E-state index >= 15 is 0 Å². The fourth-order valence-corrected chi connectivity index (χ4v) is 4.37. The highest BCUT2D eigenvalue weighted by Crippen LogP contribution is 2.38. The molecule has 0 atom stereocenters. The van der Waals surface area contributed by atoms with Gasteiger partial charge >= 0.3 is 0 Å². The molecule has 0 aliphatic carbocycles. The van der Waals surface area contributed by atoms with Crippen molar-refractivity contribution in [3.63, 3.8) is 0 Å². The van der Waals surface area contributed by atoms with E-state index in [0.29, 0.717) is 5.92 Å². The third-order valence-corrected chi connectivity index (χ3v) is 5.85. The van der Waals surface area contributed by atoms with Crippen LogP contribution in [0.25, 0.3) is 21.6 Å². The summed E-state index contributed by atoms with van der Waals surface area (Å²) in [6.07, 6.45) is 4.91. The summed E-state index contributed by atoms with van der Waals surface area (Å²) in [7, 11) is 0. The van der Waals surface area contributed by atoms with Gasteiger partial charge in [-0.1, -0.05) is 24.3 Å². The van der Waals surface area contributed by atoms with Crippen LogP contribution in [0.2, 0.25) is 0 Å². The predicted octanol–water partition coefficient (Wildman–Crippen LogP) is 5.46. The molecule has 3 aromatic rings. The van der Waals surface area contributed by atoms with Gasteiger partial charge in [0.1, 0.15) is 11.9 Å². The molecule has 1 aliphatic rings. The largest absolute Gasteiger partial charge is 0.381 e. The van der Waals surface area contributed by atoms with Gasteiger partial charge in [0.15, 0.2) is 0 Å². The molecule has 136 valence electrons. The van der Waals surface area contributed by atoms with Crippen LogP contribution in [0.5, 0.6) is 0 Å². The molecule has 3 nitrogen and oxygen atoms in total. The van der Waals surface area contributed by atoms with E-state index in [0.717, 1.165) is 54.0 Å². The standard InChI is InChI=1S/C22H19FN2OS/c23-20-13-16(4-5-18(20)14-24)19-3-1-2-17(12-15-7-10-26-11-8-15)22(19)21-6-9-25-27-21/h1-6,9,13,15H,7-8,10-12H2. The molecule has 0 spiro atoms. The first kappa shape index (κ1) is 17.8. The monoisotopic (exact) mass is 378 g/mol. The first-order valence-electron chi connectivity index (χ1n) is 9.07. The quantitative estimate of drug-likeness (QED) is 0.606. The van der Waals surface area contributed by atoms with Crippen LogP contribution in [0.3, 0.4) is 0 Å². The average molecular weight is 378 g/mol. The Labute approximate surface area is 162 Å². The van der Waals surface area contributed by atoms with Crippen LogP contribution in [0.4, 0.5) is 4.39 Å². The summed E-state index contributed by atoms with van der Waals surface area (Å²) in [5, 5.41) is 9.00. The normalized spacial score (nSPS) is 14.8. The number of benzene rings is 2. The van der Waals surface area contributed by atoms with Gasteiger partial charge in [0.2, 0.25) is 0 Å². The number of nitrogens with zero attached hydrogens (tertiary/aromatic N) is 2. The Bertz CT molecular complexity index is 972. The number of rotatable bonds is 4. The van der Waals surface area contributed by atoms with Gasteiger partial charge in [-0.25, -0.2) is 8.76 Å². The molecule has 0 bridgehead atoms. The molecule has 0 N–H and O–H groups in total. The predicted molar refractivity (Wildman–Crippen MR) is 105 cm³/mol. The second kappa shape index (κ2) is 7.99. The van der Waals surface area contributed by atoms with Crippen molar-refractivity contribution in [3.05, 3.63) is 65.6 Å².